The first-order valence-electron chi connectivity index (χ1n) is 10.7. The van der Waals surface area contributed by atoms with E-state index in [4.69, 9.17) is 17.7 Å². The number of carbonyl (C=O) groups is 2. The summed E-state index contributed by atoms with van der Waals surface area (Å²) in [5, 5.41) is 10.8. The molecular weight excluding hydrogens is 453 g/mol. The SMILES string of the molecule is Cl.O=C(O)CCN1CC(/C=C2\CN(C(C(=O)C3CC3)c3ccccc3F)CCC2S)=CN1. The molecule has 2 aliphatic heterocycles. The molecule has 6 nitrogen and oxygen atoms in total. The molecule has 1 saturated carbocycles. The van der Waals surface area contributed by atoms with E-state index in [0.717, 1.165) is 30.4 Å². The van der Waals surface area contributed by atoms with E-state index >= 15 is 0 Å². The standard InChI is InChI=1S/C23H28FN3O3S.ClH/c24-19-4-2-1-3-18(19)22(23(30)16-5-6-16)26-9-7-20(31)17(14-26)11-15-12-25-27(13-15)10-8-21(28)29;/h1-4,11-12,16,20,22,25,31H,5-10,13-14H2,(H,28,29);1H/b17-11+;. The summed E-state index contributed by atoms with van der Waals surface area (Å²) in [5.74, 6) is -1.01. The van der Waals surface area contributed by atoms with E-state index in [-0.39, 0.29) is 41.6 Å². The predicted molar refractivity (Wildman–Crippen MR) is 126 cm³/mol. The van der Waals surface area contributed by atoms with Crippen LogP contribution in [0.15, 0.2) is 47.7 Å². The van der Waals surface area contributed by atoms with Crippen LogP contribution in [0.3, 0.4) is 0 Å². The first kappa shape index (κ1) is 24.8. The van der Waals surface area contributed by atoms with Crippen molar-refractivity contribution in [3.05, 3.63) is 59.1 Å². The molecule has 4 rings (SSSR count). The average molecular weight is 482 g/mol. The van der Waals surface area contributed by atoms with Crippen LogP contribution in [-0.4, -0.2) is 58.2 Å². The number of ketones is 1. The highest BCUT2D eigenvalue weighted by molar-refractivity contribution is 7.81. The number of carbonyl (C=O) groups excluding carboxylic acids is 1. The molecule has 1 aliphatic carbocycles. The number of halogens is 2. The Balaban J connectivity index is 0.00000289. The normalized spacial score (nSPS) is 23.9. The first-order valence-corrected chi connectivity index (χ1v) is 11.3. The largest absolute Gasteiger partial charge is 0.481 e. The van der Waals surface area contributed by atoms with Crippen LogP contribution < -0.4 is 5.43 Å². The fourth-order valence-electron chi connectivity index (χ4n) is 4.26. The zero-order chi connectivity index (χ0) is 22.0. The van der Waals surface area contributed by atoms with Gasteiger partial charge in [0.25, 0.3) is 0 Å². The van der Waals surface area contributed by atoms with Gasteiger partial charge in [0.1, 0.15) is 5.82 Å². The van der Waals surface area contributed by atoms with Crippen molar-refractivity contribution in [1.29, 1.82) is 0 Å². The van der Waals surface area contributed by atoms with Crippen molar-refractivity contribution in [3.8, 4) is 0 Å². The first-order chi connectivity index (χ1) is 14.9. The quantitative estimate of drug-likeness (QED) is 0.494. The molecule has 2 N–H and O–H groups in total. The maximum atomic E-state index is 14.6. The monoisotopic (exact) mass is 481 g/mol. The zero-order valence-corrected chi connectivity index (χ0v) is 19.5. The number of likely N-dealkylation sites (tertiary alicyclic amines) is 1. The minimum absolute atomic E-state index is 0. The van der Waals surface area contributed by atoms with E-state index in [2.05, 4.69) is 16.4 Å². The second kappa shape index (κ2) is 10.8. The number of nitrogens with one attached hydrogen (secondary N) is 1. The summed E-state index contributed by atoms with van der Waals surface area (Å²) in [4.78, 5) is 26.0. The van der Waals surface area contributed by atoms with Crippen LogP contribution in [-0.2, 0) is 9.59 Å². The smallest absolute Gasteiger partial charge is 0.304 e. The fourth-order valence-corrected chi connectivity index (χ4v) is 4.53. The molecule has 2 atom stereocenters. The highest BCUT2D eigenvalue weighted by Crippen LogP contribution is 2.39. The van der Waals surface area contributed by atoms with Crippen molar-refractivity contribution >= 4 is 36.8 Å². The van der Waals surface area contributed by atoms with Gasteiger partial charge in [-0.2, -0.15) is 12.6 Å². The second-order valence-electron chi connectivity index (χ2n) is 8.51. The lowest BCUT2D eigenvalue weighted by Gasteiger charge is -2.37. The Hall–Kier alpha value is -1.87. The van der Waals surface area contributed by atoms with E-state index in [1.807, 2.05) is 11.2 Å². The van der Waals surface area contributed by atoms with Crippen molar-refractivity contribution in [1.82, 2.24) is 15.3 Å². The summed E-state index contributed by atoms with van der Waals surface area (Å²) in [6, 6.07) is 6.01. The lowest BCUT2D eigenvalue weighted by atomic mass is 9.93. The van der Waals surface area contributed by atoms with Crippen LogP contribution in [0.1, 0.15) is 37.3 Å². The molecule has 2 unspecified atom stereocenters. The van der Waals surface area contributed by atoms with Gasteiger partial charge in [0.2, 0.25) is 0 Å². The van der Waals surface area contributed by atoms with Gasteiger partial charge < -0.3 is 10.5 Å². The van der Waals surface area contributed by atoms with Crippen molar-refractivity contribution < 1.29 is 19.1 Å². The summed E-state index contributed by atoms with van der Waals surface area (Å²) in [7, 11) is 0. The molecular formula is C23H29ClFN3O3S. The summed E-state index contributed by atoms with van der Waals surface area (Å²) in [6.45, 7) is 2.26. The maximum absolute atomic E-state index is 14.6. The molecule has 2 heterocycles. The molecule has 0 aromatic heterocycles. The van der Waals surface area contributed by atoms with Crippen LogP contribution in [0.2, 0.25) is 0 Å². The number of hydrogen-bond acceptors (Lipinski definition) is 6. The Labute approximate surface area is 199 Å². The lowest BCUT2D eigenvalue weighted by molar-refractivity contribution is -0.137. The van der Waals surface area contributed by atoms with E-state index < -0.39 is 12.0 Å². The van der Waals surface area contributed by atoms with Gasteiger partial charge in [-0.15, -0.1) is 12.4 Å². The van der Waals surface area contributed by atoms with Gasteiger partial charge in [-0.25, -0.2) is 9.40 Å². The van der Waals surface area contributed by atoms with Crippen molar-refractivity contribution in [2.75, 3.05) is 26.2 Å². The lowest BCUT2D eigenvalue weighted by Crippen LogP contribution is -2.42. The number of carboxylic acids is 1. The summed E-state index contributed by atoms with van der Waals surface area (Å²) in [6.07, 6.45) is 6.58. The topological polar surface area (TPSA) is 72.9 Å². The Morgan fingerprint density at radius 3 is 2.69 bits per heavy atom. The number of hydrogen-bond donors (Lipinski definition) is 3. The third kappa shape index (κ3) is 5.92. The van der Waals surface area contributed by atoms with E-state index in [9.17, 15) is 14.0 Å². The van der Waals surface area contributed by atoms with E-state index in [0.29, 0.717) is 31.7 Å². The number of thiol groups is 1. The second-order valence-corrected chi connectivity index (χ2v) is 9.13. The molecule has 3 aliphatic rings. The number of piperidine rings is 1. The van der Waals surface area contributed by atoms with Crippen LogP contribution in [0, 0.1) is 11.7 Å². The molecule has 32 heavy (non-hydrogen) atoms. The van der Waals surface area contributed by atoms with Crippen LogP contribution in [0.4, 0.5) is 4.39 Å². The zero-order valence-electron chi connectivity index (χ0n) is 17.7. The number of Topliss-reactive ketones (excluding diaryl/α,β-unsaturated/α-hetero) is 1. The molecule has 9 heteroatoms. The Bertz CT molecular complexity index is 922. The number of hydrazine groups is 1. The van der Waals surface area contributed by atoms with Gasteiger partial charge in [-0.3, -0.25) is 14.5 Å². The van der Waals surface area contributed by atoms with Gasteiger partial charge in [-0.1, -0.05) is 24.3 Å². The number of nitrogens with zero attached hydrogens (tertiary/aromatic N) is 2. The predicted octanol–water partition coefficient (Wildman–Crippen LogP) is 3.38. The molecule has 2 fully saturated rings. The maximum Gasteiger partial charge on any atom is 0.304 e. The third-order valence-electron chi connectivity index (χ3n) is 6.09. The Morgan fingerprint density at radius 2 is 2.00 bits per heavy atom. The average Bonchev–Trinajstić information content (AvgIpc) is 3.50. The van der Waals surface area contributed by atoms with Crippen molar-refractivity contribution in [3.63, 3.8) is 0 Å². The minimum atomic E-state index is -0.827. The van der Waals surface area contributed by atoms with Gasteiger partial charge in [0.05, 0.1) is 12.5 Å². The molecule has 174 valence electrons. The number of benzene rings is 1. The molecule has 1 saturated heterocycles. The van der Waals surface area contributed by atoms with E-state index in [1.54, 1.807) is 18.2 Å². The third-order valence-corrected chi connectivity index (χ3v) is 6.68. The van der Waals surface area contributed by atoms with Gasteiger partial charge in [0.15, 0.2) is 5.78 Å². The van der Waals surface area contributed by atoms with Gasteiger partial charge in [0, 0.05) is 49.1 Å². The highest BCUT2D eigenvalue weighted by Gasteiger charge is 2.40. The number of rotatable bonds is 8. The highest BCUT2D eigenvalue weighted by atomic mass is 35.5. The Kier molecular flexibility index (Phi) is 8.38. The summed E-state index contributed by atoms with van der Waals surface area (Å²) < 4.78 is 14.6. The van der Waals surface area contributed by atoms with Crippen LogP contribution >= 0.6 is 25.0 Å². The van der Waals surface area contributed by atoms with Crippen LogP contribution in [0.25, 0.3) is 0 Å². The van der Waals surface area contributed by atoms with Gasteiger partial charge >= 0.3 is 5.97 Å². The fraction of sp³-hybridized carbons (Fsp3) is 0.478. The molecule has 0 radical (unpaired) electrons. The van der Waals surface area contributed by atoms with Gasteiger partial charge in [-0.05, 0) is 36.5 Å². The number of carboxylic acid groups (broad SMARTS) is 1. The summed E-state index contributed by atoms with van der Waals surface area (Å²) in [5.41, 5.74) is 5.68. The minimum Gasteiger partial charge on any atom is -0.481 e. The molecule has 0 bridgehead atoms. The Morgan fingerprint density at radius 1 is 1.25 bits per heavy atom. The molecule has 1 aromatic rings. The van der Waals surface area contributed by atoms with Crippen molar-refractivity contribution in [2.24, 2.45) is 5.92 Å². The molecule has 1 aromatic carbocycles. The number of aliphatic carboxylic acids is 1. The van der Waals surface area contributed by atoms with Crippen LogP contribution in [0.5, 0.6) is 0 Å². The summed E-state index contributed by atoms with van der Waals surface area (Å²) >= 11 is 4.75. The van der Waals surface area contributed by atoms with Crippen molar-refractivity contribution in [2.45, 2.75) is 37.0 Å². The van der Waals surface area contributed by atoms with E-state index in [1.165, 1.54) is 6.07 Å². The molecule has 0 amide bonds. The molecule has 0 spiro atoms.